The number of nitrogens with one attached hydrogen (secondary N) is 1. The third kappa shape index (κ3) is 2.42. The molecular weight excluding hydrogens is 327 g/mol. The molecule has 0 atom stereocenters. The second kappa shape index (κ2) is 4.75. The van der Waals surface area contributed by atoms with Crippen molar-refractivity contribution in [2.45, 2.75) is 6.92 Å². The van der Waals surface area contributed by atoms with Crippen molar-refractivity contribution in [2.24, 2.45) is 7.05 Å². The molecule has 1 N–H and O–H groups in total. The standard InChI is InChI=1S/C12H11IN4/c1-8-11(7-14)12(17(2)16-8)15-10-5-3-4-9(13)6-10/h3-6,15H,1-2H3. The van der Waals surface area contributed by atoms with Gasteiger partial charge in [0, 0.05) is 16.3 Å². The van der Waals surface area contributed by atoms with Gasteiger partial charge in [0.15, 0.2) is 0 Å². The number of aromatic nitrogens is 2. The first kappa shape index (κ1) is 11.9. The molecule has 86 valence electrons. The largest absolute Gasteiger partial charge is 0.339 e. The summed E-state index contributed by atoms with van der Waals surface area (Å²) in [5, 5.41) is 16.6. The van der Waals surface area contributed by atoms with E-state index in [-0.39, 0.29) is 0 Å². The molecule has 2 aromatic rings. The van der Waals surface area contributed by atoms with Crippen LogP contribution in [0.1, 0.15) is 11.3 Å². The monoisotopic (exact) mass is 338 g/mol. The van der Waals surface area contributed by atoms with Crippen LogP contribution in [0.4, 0.5) is 11.5 Å². The van der Waals surface area contributed by atoms with Crippen molar-refractivity contribution in [1.29, 1.82) is 5.26 Å². The van der Waals surface area contributed by atoms with Gasteiger partial charge in [0.1, 0.15) is 17.5 Å². The molecule has 0 radical (unpaired) electrons. The van der Waals surface area contributed by atoms with Crippen LogP contribution in [0.25, 0.3) is 0 Å². The Morgan fingerprint density at radius 3 is 2.88 bits per heavy atom. The molecule has 0 saturated carbocycles. The Kier molecular flexibility index (Phi) is 3.33. The van der Waals surface area contributed by atoms with Crippen LogP contribution in [0.15, 0.2) is 24.3 Å². The molecule has 0 saturated heterocycles. The van der Waals surface area contributed by atoms with Crippen molar-refractivity contribution in [3.63, 3.8) is 0 Å². The van der Waals surface area contributed by atoms with Crippen LogP contribution >= 0.6 is 22.6 Å². The fraction of sp³-hybridized carbons (Fsp3) is 0.167. The number of hydrogen-bond acceptors (Lipinski definition) is 3. The van der Waals surface area contributed by atoms with Gasteiger partial charge in [0.05, 0.1) is 5.69 Å². The van der Waals surface area contributed by atoms with Crippen molar-refractivity contribution in [2.75, 3.05) is 5.32 Å². The molecule has 0 amide bonds. The van der Waals surface area contributed by atoms with E-state index in [1.54, 1.807) is 4.68 Å². The highest BCUT2D eigenvalue weighted by Gasteiger charge is 2.12. The van der Waals surface area contributed by atoms with Crippen LogP contribution in [0.5, 0.6) is 0 Å². The molecule has 0 unspecified atom stereocenters. The fourth-order valence-electron chi connectivity index (χ4n) is 1.64. The maximum Gasteiger partial charge on any atom is 0.146 e. The molecular formula is C12H11IN4. The van der Waals surface area contributed by atoms with Crippen molar-refractivity contribution in [3.8, 4) is 6.07 Å². The van der Waals surface area contributed by atoms with Crippen molar-refractivity contribution < 1.29 is 0 Å². The highest BCUT2D eigenvalue weighted by molar-refractivity contribution is 14.1. The average molecular weight is 338 g/mol. The summed E-state index contributed by atoms with van der Waals surface area (Å²) in [7, 11) is 1.82. The Balaban J connectivity index is 2.40. The SMILES string of the molecule is Cc1nn(C)c(Nc2cccc(I)c2)c1C#N. The molecule has 0 fully saturated rings. The number of rotatable bonds is 2. The molecule has 4 nitrogen and oxygen atoms in total. The lowest BCUT2D eigenvalue weighted by atomic mass is 10.2. The molecule has 0 aliphatic carbocycles. The van der Waals surface area contributed by atoms with Gasteiger partial charge in [0.2, 0.25) is 0 Å². The molecule has 2 rings (SSSR count). The minimum absolute atomic E-state index is 0.589. The van der Waals surface area contributed by atoms with E-state index in [0.717, 1.165) is 20.8 Å². The number of nitrogens with zero attached hydrogens (tertiary/aromatic N) is 3. The van der Waals surface area contributed by atoms with Gasteiger partial charge in [-0.25, -0.2) is 0 Å². The summed E-state index contributed by atoms with van der Waals surface area (Å²) < 4.78 is 2.83. The fourth-order valence-corrected chi connectivity index (χ4v) is 2.18. The predicted octanol–water partition coefficient (Wildman–Crippen LogP) is 2.95. The zero-order chi connectivity index (χ0) is 12.4. The van der Waals surface area contributed by atoms with Gasteiger partial charge in [0.25, 0.3) is 0 Å². The quantitative estimate of drug-likeness (QED) is 0.857. The molecule has 0 spiro atoms. The summed E-state index contributed by atoms with van der Waals surface area (Å²) in [4.78, 5) is 0. The first-order valence-corrected chi connectivity index (χ1v) is 6.16. The Morgan fingerprint density at radius 1 is 1.47 bits per heavy atom. The predicted molar refractivity (Wildman–Crippen MR) is 75.1 cm³/mol. The lowest BCUT2D eigenvalue weighted by molar-refractivity contribution is 0.765. The van der Waals surface area contributed by atoms with Gasteiger partial charge in [-0.05, 0) is 47.7 Å². The Labute approximate surface area is 113 Å². The normalized spacial score (nSPS) is 10.0. The lowest BCUT2D eigenvalue weighted by Crippen LogP contribution is -2.00. The van der Waals surface area contributed by atoms with Crippen LogP contribution in [0.3, 0.4) is 0 Å². The van der Waals surface area contributed by atoms with Crippen molar-refractivity contribution in [3.05, 3.63) is 39.1 Å². The van der Waals surface area contributed by atoms with Gasteiger partial charge < -0.3 is 5.32 Å². The summed E-state index contributed by atoms with van der Waals surface area (Å²) in [5.74, 6) is 0.729. The molecule has 17 heavy (non-hydrogen) atoms. The van der Waals surface area contributed by atoms with Crippen LogP contribution in [0, 0.1) is 21.8 Å². The smallest absolute Gasteiger partial charge is 0.146 e. The summed E-state index contributed by atoms with van der Waals surface area (Å²) in [6.07, 6.45) is 0. The first-order chi connectivity index (χ1) is 8.11. The number of benzene rings is 1. The Bertz CT molecular complexity index is 595. The lowest BCUT2D eigenvalue weighted by Gasteiger charge is -2.07. The van der Waals surface area contributed by atoms with Gasteiger partial charge in [-0.1, -0.05) is 6.07 Å². The van der Waals surface area contributed by atoms with E-state index in [4.69, 9.17) is 5.26 Å². The van der Waals surface area contributed by atoms with E-state index in [1.165, 1.54) is 0 Å². The summed E-state index contributed by atoms with van der Waals surface area (Å²) in [6.45, 7) is 1.83. The Morgan fingerprint density at radius 2 is 2.24 bits per heavy atom. The first-order valence-electron chi connectivity index (χ1n) is 5.08. The minimum atomic E-state index is 0.589. The second-order valence-corrected chi connectivity index (χ2v) is 4.93. The maximum atomic E-state index is 9.10. The molecule has 0 aliphatic rings. The molecule has 1 aromatic carbocycles. The van der Waals surface area contributed by atoms with Crippen LogP contribution in [-0.4, -0.2) is 9.78 Å². The Hall–Kier alpha value is -1.55. The van der Waals surface area contributed by atoms with Gasteiger partial charge in [-0.15, -0.1) is 0 Å². The highest BCUT2D eigenvalue weighted by Crippen LogP contribution is 2.23. The van der Waals surface area contributed by atoms with Gasteiger partial charge in [-0.2, -0.15) is 10.4 Å². The number of nitriles is 1. The average Bonchev–Trinajstić information content (AvgIpc) is 2.53. The van der Waals surface area contributed by atoms with Crippen LogP contribution in [0.2, 0.25) is 0 Å². The molecule has 1 heterocycles. The molecule has 1 aromatic heterocycles. The zero-order valence-corrected chi connectivity index (χ0v) is 11.7. The number of hydrogen-bond donors (Lipinski definition) is 1. The maximum absolute atomic E-state index is 9.10. The van der Waals surface area contributed by atoms with E-state index < -0.39 is 0 Å². The van der Waals surface area contributed by atoms with E-state index >= 15 is 0 Å². The van der Waals surface area contributed by atoms with Gasteiger partial charge in [-0.3, -0.25) is 4.68 Å². The summed E-state index contributed by atoms with van der Waals surface area (Å²) >= 11 is 2.25. The van der Waals surface area contributed by atoms with E-state index in [9.17, 15) is 0 Å². The highest BCUT2D eigenvalue weighted by atomic mass is 127. The van der Waals surface area contributed by atoms with Crippen molar-refractivity contribution >= 4 is 34.1 Å². The number of halogens is 1. The molecule has 5 heteroatoms. The molecule has 0 bridgehead atoms. The number of aryl methyl sites for hydroxylation is 2. The van der Waals surface area contributed by atoms with E-state index in [0.29, 0.717) is 5.56 Å². The van der Waals surface area contributed by atoms with Gasteiger partial charge >= 0.3 is 0 Å². The number of anilines is 2. The third-order valence-electron chi connectivity index (χ3n) is 2.42. The van der Waals surface area contributed by atoms with Crippen LogP contribution < -0.4 is 5.32 Å². The zero-order valence-electron chi connectivity index (χ0n) is 9.53. The van der Waals surface area contributed by atoms with Crippen molar-refractivity contribution in [1.82, 2.24) is 9.78 Å². The van der Waals surface area contributed by atoms with E-state index in [1.807, 2.05) is 38.2 Å². The van der Waals surface area contributed by atoms with Crippen LogP contribution in [-0.2, 0) is 7.05 Å². The molecule has 0 aliphatic heterocycles. The van der Waals surface area contributed by atoms with E-state index in [2.05, 4.69) is 39.1 Å². The summed E-state index contributed by atoms with van der Waals surface area (Å²) in [6, 6.07) is 10.1. The summed E-state index contributed by atoms with van der Waals surface area (Å²) in [5.41, 5.74) is 2.28. The minimum Gasteiger partial charge on any atom is -0.339 e. The topological polar surface area (TPSA) is 53.6 Å². The second-order valence-electron chi connectivity index (χ2n) is 3.68. The third-order valence-corrected chi connectivity index (χ3v) is 3.09.